The molecular formula is C20H24N4O4S. The molecular weight excluding hydrogens is 392 g/mol. The maximum atomic E-state index is 12.6. The average Bonchev–Trinajstić information content (AvgIpc) is 3.17. The standard InChI is InChI=1S/C20H24N4O4S/c1-29(26,27)24-7-5-16-13-17(2-3-18(16)24)20(25)22-14-15-4-6-21-19(12-15)23-8-10-28-11-9-23/h2-4,6,12-13H,5,7-11,14H2,1H3,(H,22,25). The van der Waals surface area contributed by atoms with Crippen molar-refractivity contribution in [2.24, 2.45) is 0 Å². The van der Waals surface area contributed by atoms with Crippen LogP contribution in [-0.2, 0) is 27.7 Å². The second kappa shape index (κ2) is 8.00. The Hall–Kier alpha value is -2.65. The van der Waals surface area contributed by atoms with Gasteiger partial charge in [0.2, 0.25) is 10.0 Å². The molecule has 1 amide bonds. The van der Waals surface area contributed by atoms with E-state index in [0.717, 1.165) is 30.0 Å². The van der Waals surface area contributed by atoms with E-state index in [1.165, 1.54) is 10.6 Å². The zero-order chi connectivity index (χ0) is 20.4. The van der Waals surface area contributed by atoms with Gasteiger partial charge in [0.05, 0.1) is 25.2 Å². The highest BCUT2D eigenvalue weighted by Crippen LogP contribution is 2.30. The smallest absolute Gasteiger partial charge is 0.251 e. The number of rotatable bonds is 5. The molecule has 0 saturated carbocycles. The first-order valence-corrected chi connectivity index (χ1v) is 11.4. The van der Waals surface area contributed by atoms with Gasteiger partial charge >= 0.3 is 0 Å². The van der Waals surface area contributed by atoms with Crippen molar-refractivity contribution in [2.45, 2.75) is 13.0 Å². The number of pyridine rings is 1. The number of morpholine rings is 1. The third kappa shape index (κ3) is 4.35. The van der Waals surface area contributed by atoms with Crippen molar-refractivity contribution in [1.29, 1.82) is 0 Å². The molecule has 1 N–H and O–H groups in total. The predicted octanol–water partition coefficient (Wildman–Crippen LogP) is 1.17. The van der Waals surface area contributed by atoms with Crippen LogP contribution in [0.15, 0.2) is 36.5 Å². The van der Waals surface area contributed by atoms with Crippen LogP contribution < -0.4 is 14.5 Å². The molecule has 29 heavy (non-hydrogen) atoms. The normalized spacial score (nSPS) is 16.6. The zero-order valence-electron chi connectivity index (χ0n) is 16.3. The Morgan fingerprint density at radius 3 is 2.72 bits per heavy atom. The van der Waals surface area contributed by atoms with Crippen molar-refractivity contribution in [3.63, 3.8) is 0 Å². The number of sulfonamides is 1. The van der Waals surface area contributed by atoms with Crippen LogP contribution in [0.3, 0.4) is 0 Å². The van der Waals surface area contributed by atoms with Gasteiger partial charge in [0.1, 0.15) is 5.82 Å². The highest BCUT2D eigenvalue weighted by atomic mass is 32.2. The Bertz CT molecular complexity index is 1020. The molecule has 0 spiro atoms. The first-order chi connectivity index (χ1) is 13.9. The zero-order valence-corrected chi connectivity index (χ0v) is 17.1. The van der Waals surface area contributed by atoms with Crippen molar-refractivity contribution >= 4 is 27.4 Å². The summed E-state index contributed by atoms with van der Waals surface area (Å²) >= 11 is 0. The van der Waals surface area contributed by atoms with Gasteiger partial charge < -0.3 is 15.0 Å². The van der Waals surface area contributed by atoms with Gasteiger partial charge in [-0.3, -0.25) is 9.10 Å². The molecule has 1 fully saturated rings. The van der Waals surface area contributed by atoms with E-state index in [-0.39, 0.29) is 5.91 Å². The van der Waals surface area contributed by atoms with Gasteiger partial charge in [0.25, 0.3) is 5.91 Å². The molecule has 9 heteroatoms. The van der Waals surface area contributed by atoms with E-state index in [1.54, 1.807) is 24.4 Å². The van der Waals surface area contributed by atoms with Crippen LogP contribution in [0, 0.1) is 0 Å². The van der Waals surface area contributed by atoms with Gasteiger partial charge in [0.15, 0.2) is 0 Å². The molecule has 1 aromatic heterocycles. The Balaban J connectivity index is 1.42. The summed E-state index contributed by atoms with van der Waals surface area (Å²) in [6.45, 7) is 3.81. The molecule has 2 aliphatic heterocycles. The second-order valence-corrected chi connectivity index (χ2v) is 9.14. The van der Waals surface area contributed by atoms with Crippen LogP contribution >= 0.6 is 0 Å². The Kier molecular flexibility index (Phi) is 5.42. The number of fused-ring (bicyclic) bond motifs is 1. The first kappa shape index (κ1) is 19.7. The second-order valence-electron chi connectivity index (χ2n) is 7.23. The quantitative estimate of drug-likeness (QED) is 0.787. The molecule has 0 atom stereocenters. The number of amides is 1. The number of hydrogen-bond acceptors (Lipinski definition) is 6. The van der Waals surface area contributed by atoms with E-state index in [1.807, 2.05) is 12.1 Å². The number of nitrogens with one attached hydrogen (secondary N) is 1. The maximum Gasteiger partial charge on any atom is 0.251 e. The van der Waals surface area contributed by atoms with Crippen LogP contribution in [0.25, 0.3) is 0 Å². The fourth-order valence-electron chi connectivity index (χ4n) is 3.68. The van der Waals surface area contributed by atoms with Crippen LogP contribution in [0.2, 0.25) is 0 Å². The number of carbonyl (C=O) groups is 1. The Labute approximate surface area is 170 Å². The molecule has 0 unspecified atom stereocenters. The lowest BCUT2D eigenvalue weighted by atomic mass is 10.1. The summed E-state index contributed by atoms with van der Waals surface area (Å²) in [4.78, 5) is 19.2. The van der Waals surface area contributed by atoms with Crippen LogP contribution in [-0.4, -0.2) is 58.4 Å². The third-order valence-electron chi connectivity index (χ3n) is 5.19. The molecule has 0 radical (unpaired) electrons. The number of aromatic nitrogens is 1. The monoisotopic (exact) mass is 416 g/mol. The largest absolute Gasteiger partial charge is 0.378 e. The average molecular weight is 417 g/mol. The van der Waals surface area contributed by atoms with Crippen LogP contribution in [0.1, 0.15) is 21.5 Å². The van der Waals surface area contributed by atoms with Crippen molar-refractivity contribution in [3.05, 3.63) is 53.2 Å². The summed E-state index contributed by atoms with van der Waals surface area (Å²) in [7, 11) is -3.29. The van der Waals surface area contributed by atoms with Gasteiger partial charge in [-0.2, -0.15) is 0 Å². The summed E-state index contributed by atoms with van der Waals surface area (Å²) in [5.41, 5.74) is 3.04. The Morgan fingerprint density at radius 1 is 1.17 bits per heavy atom. The number of hydrogen-bond donors (Lipinski definition) is 1. The number of ether oxygens (including phenoxy) is 1. The molecule has 0 bridgehead atoms. The van der Waals surface area contributed by atoms with Crippen molar-refractivity contribution in [1.82, 2.24) is 10.3 Å². The fourth-order valence-corrected chi connectivity index (χ4v) is 4.64. The molecule has 4 rings (SSSR count). The minimum Gasteiger partial charge on any atom is -0.378 e. The highest BCUT2D eigenvalue weighted by molar-refractivity contribution is 7.92. The van der Waals surface area contributed by atoms with E-state index < -0.39 is 10.0 Å². The summed E-state index contributed by atoms with van der Waals surface area (Å²) in [5.74, 6) is 0.703. The minimum atomic E-state index is -3.29. The lowest BCUT2D eigenvalue weighted by Crippen LogP contribution is -2.36. The molecule has 1 aromatic carbocycles. The van der Waals surface area contributed by atoms with E-state index in [4.69, 9.17) is 4.74 Å². The maximum absolute atomic E-state index is 12.6. The van der Waals surface area contributed by atoms with E-state index in [9.17, 15) is 13.2 Å². The SMILES string of the molecule is CS(=O)(=O)N1CCc2cc(C(=O)NCc3ccnc(N4CCOCC4)c3)ccc21. The van der Waals surface area contributed by atoms with Crippen molar-refractivity contribution in [2.75, 3.05) is 48.3 Å². The third-order valence-corrected chi connectivity index (χ3v) is 6.37. The van der Waals surface area contributed by atoms with Gasteiger partial charge in [-0.15, -0.1) is 0 Å². The molecule has 8 nitrogen and oxygen atoms in total. The molecule has 154 valence electrons. The summed E-state index contributed by atoms with van der Waals surface area (Å²) in [5, 5.41) is 2.94. The van der Waals surface area contributed by atoms with Crippen molar-refractivity contribution < 1.29 is 17.9 Å². The lowest BCUT2D eigenvalue weighted by Gasteiger charge is -2.28. The van der Waals surface area contributed by atoms with Crippen molar-refractivity contribution in [3.8, 4) is 0 Å². The minimum absolute atomic E-state index is 0.185. The van der Waals surface area contributed by atoms with E-state index in [0.29, 0.717) is 44.0 Å². The van der Waals surface area contributed by atoms with Gasteiger partial charge in [-0.25, -0.2) is 13.4 Å². The molecule has 1 saturated heterocycles. The number of carbonyl (C=O) groups excluding carboxylic acids is 1. The van der Waals surface area contributed by atoms with E-state index >= 15 is 0 Å². The lowest BCUT2D eigenvalue weighted by molar-refractivity contribution is 0.0951. The first-order valence-electron chi connectivity index (χ1n) is 9.58. The van der Waals surface area contributed by atoms with Gasteiger partial charge in [-0.1, -0.05) is 0 Å². The van der Waals surface area contributed by atoms with Gasteiger partial charge in [0, 0.05) is 37.9 Å². The number of anilines is 2. The summed E-state index contributed by atoms with van der Waals surface area (Å²) in [6.07, 6.45) is 3.56. The van der Waals surface area contributed by atoms with Crippen LogP contribution in [0.5, 0.6) is 0 Å². The van der Waals surface area contributed by atoms with E-state index in [2.05, 4.69) is 15.2 Å². The molecule has 2 aromatic rings. The molecule has 3 heterocycles. The number of benzene rings is 1. The van der Waals surface area contributed by atoms with Gasteiger partial charge in [-0.05, 0) is 47.9 Å². The van der Waals surface area contributed by atoms with Crippen LogP contribution in [0.4, 0.5) is 11.5 Å². The topological polar surface area (TPSA) is 91.8 Å². The summed E-state index contributed by atoms with van der Waals surface area (Å²) in [6, 6.07) is 9.03. The summed E-state index contributed by atoms with van der Waals surface area (Å²) < 4.78 is 30.5. The molecule has 2 aliphatic rings. The molecule has 0 aliphatic carbocycles. The number of nitrogens with zero attached hydrogens (tertiary/aromatic N) is 3. The fraction of sp³-hybridized carbons (Fsp3) is 0.400. The predicted molar refractivity (Wildman–Crippen MR) is 111 cm³/mol. The highest BCUT2D eigenvalue weighted by Gasteiger charge is 2.26. The Morgan fingerprint density at radius 2 is 1.97 bits per heavy atom.